The monoisotopic (exact) mass is 357 g/mol. The maximum absolute atomic E-state index is 12.6. The van der Waals surface area contributed by atoms with Gasteiger partial charge in [-0.05, 0) is 24.7 Å². The third-order valence-electron chi connectivity index (χ3n) is 4.19. The number of amides is 1. The van der Waals surface area contributed by atoms with E-state index in [1.165, 1.54) is 17.5 Å². The second-order valence-electron chi connectivity index (χ2n) is 6.10. The van der Waals surface area contributed by atoms with Gasteiger partial charge >= 0.3 is 0 Å². The first kappa shape index (κ1) is 17.4. The summed E-state index contributed by atoms with van der Waals surface area (Å²) in [6.07, 6.45) is 1.52. The van der Waals surface area contributed by atoms with Crippen molar-refractivity contribution >= 4 is 28.8 Å². The van der Waals surface area contributed by atoms with E-state index in [1.807, 2.05) is 11.8 Å². The second-order valence-corrected chi connectivity index (χ2v) is 7.24. The Morgan fingerprint density at radius 1 is 1.20 bits per heavy atom. The van der Waals surface area contributed by atoms with Crippen LogP contribution in [0.2, 0.25) is 0 Å². The Bertz CT molecular complexity index is 805. The maximum Gasteiger partial charge on any atom is 0.236 e. The van der Waals surface area contributed by atoms with Crippen molar-refractivity contribution in [3.05, 3.63) is 51.0 Å². The fraction of sp³-hybridized carbons (Fsp3) is 0.333. The predicted molar refractivity (Wildman–Crippen MR) is 95.1 cm³/mol. The zero-order valence-corrected chi connectivity index (χ0v) is 15.2. The van der Waals surface area contributed by atoms with Crippen LogP contribution in [0, 0.1) is 0 Å². The molecule has 0 bridgehead atoms. The number of pyridine rings is 1. The lowest BCUT2D eigenvalue weighted by molar-refractivity contribution is -0.130. The molecule has 0 unspecified atom stereocenters. The lowest BCUT2D eigenvalue weighted by Gasteiger charge is -2.21. The number of hydrogen-bond donors (Lipinski definition) is 0. The van der Waals surface area contributed by atoms with E-state index in [9.17, 15) is 14.4 Å². The Hall–Kier alpha value is -2.38. The lowest BCUT2D eigenvalue weighted by atomic mass is 9.93. The smallest absolute Gasteiger partial charge is 0.236 e. The third kappa shape index (κ3) is 3.25. The van der Waals surface area contributed by atoms with Gasteiger partial charge in [-0.1, -0.05) is 6.92 Å². The van der Waals surface area contributed by atoms with Crippen LogP contribution in [-0.2, 0) is 11.3 Å². The summed E-state index contributed by atoms with van der Waals surface area (Å²) < 4.78 is 0. The summed E-state index contributed by atoms with van der Waals surface area (Å²) in [6, 6.07) is 5.06. The highest BCUT2D eigenvalue weighted by molar-refractivity contribution is 7.14. The Morgan fingerprint density at radius 2 is 1.96 bits per heavy atom. The summed E-state index contributed by atoms with van der Waals surface area (Å²) in [7, 11) is 3.45. The van der Waals surface area contributed by atoms with E-state index >= 15 is 0 Å². The van der Waals surface area contributed by atoms with Gasteiger partial charge in [0.15, 0.2) is 0 Å². The molecule has 0 N–H and O–H groups in total. The molecule has 0 spiro atoms. The molecule has 0 aromatic carbocycles. The molecule has 3 rings (SSSR count). The average molecular weight is 357 g/mol. The van der Waals surface area contributed by atoms with Crippen LogP contribution in [0.5, 0.6) is 0 Å². The highest BCUT2D eigenvalue weighted by Crippen LogP contribution is 2.32. The van der Waals surface area contributed by atoms with Gasteiger partial charge in [-0.2, -0.15) is 0 Å². The SMILES string of the molecule is CCN(CC(=O)N(C)C)Cc1cc2c(s1)C(=O)c1cccnc1C2=O. The number of thiophene rings is 1. The van der Waals surface area contributed by atoms with E-state index in [0.717, 1.165) is 4.88 Å². The molecule has 0 atom stereocenters. The van der Waals surface area contributed by atoms with Crippen molar-refractivity contribution in [1.29, 1.82) is 0 Å². The standard InChI is InChI=1S/C18H19N3O3S/c1-4-21(10-14(22)20(2)3)9-11-8-13-16(23)15-12(6-5-7-19-15)17(24)18(13)25-11/h5-8H,4,9-10H2,1-3H3. The number of ketones is 2. The van der Waals surface area contributed by atoms with Gasteiger partial charge in [0.05, 0.1) is 17.0 Å². The summed E-state index contributed by atoms with van der Waals surface area (Å²) >= 11 is 1.33. The average Bonchev–Trinajstić information content (AvgIpc) is 3.03. The Labute approximate surface area is 150 Å². The lowest BCUT2D eigenvalue weighted by Crippen LogP contribution is -2.36. The van der Waals surface area contributed by atoms with Crippen LogP contribution < -0.4 is 0 Å². The number of nitrogens with zero attached hydrogens (tertiary/aromatic N) is 3. The van der Waals surface area contributed by atoms with Crippen LogP contribution in [0.15, 0.2) is 24.4 Å². The van der Waals surface area contributed by atoms with Gasteiger partial charge in [-0.25, -0.2) is 0 Å². The van der Waals surface area contributed by atoms with E-state index in [2.05, 4.69) is 4.98 Å². The first-order valence-electron chi connectivity index (χ1n) is 8.02. The molecule has 0 saturated heterocycles. The third-order valence-corrected chi connectivity index (χ3v) is 5.30. The molecule has 2 aromatic rings. The van der Waals surface area contributed by atoms with Crippen molar-refractivity contribution in [2.24, 2.45) is 0 Å². The molecule has 130 valence electrons. The van der Waals surface area contributed by atoms with Crippen LogP contribution in [0.25, 0.3) is 0 Å². The van der Waals surface area contributed by atoms with Gasteiger partial charge in [-0.3, -0.25) is 24.3 Å². The van der Waals surface area contributed by atoms with Crippen molar-refractivity contribution in [2.75, 3.05) is 27.2 Å². The molecule has 1 amide bonds. The number of hydrogen-bond acceptors (Lipinski definition) is 6. The first-order chi connectivity index (χ1) is 11.9. The minimum absolute atomic E-state index is 0.0203. The number of rotatable bonds is 5. The molecule has 6 nitrogen and oxygen atoms in total. The number of fused-ring (bicyclic) bond motifs is 2. The Morgan fingerprint density at radius 3 is 2.64 bits per heavy atom. The molecule has 0 saturated carbocycles. The zero-order valence-electron chi connectivity index (χ0n) is 14.4. The largest absolute Gasteiger partial charge is 0.348 e. The van der Waals surface area contributed by atoms with E-state index in [0.29, 0.717) is 35.6 Å². The summed E-state index contributed by atoms with van der Waals surface area (Å²) in [5.74, 6) is -0.339. The van der Waals surface area contributed by atoms with Crippen LogP contribution in [-0.4, -0.2) is 59.4 Å². The van der Waals surface area contributed by atoms with Crippen molar-refractivity contribution in [3.63, 3.8) is 0 Å². The quantitative estimate of drug-likeness (QED) is 0.697. The van der Waals surface area contributed by atoms with E-state index in [-0.39, 0.29) is 23.2 Å². The van der Waals surface area contributed by atoms with Gasteiger partial charge in [0.25, 0.3) is 0 Å². The van der Waals surface area contributed by atoms with Crippen LogP contribution in [0.3, 0.4) is 0 Å². The highest BCUT2D eigenvalue weighted by Gasteiger charge is 2.33. The molecule has 25 heavy (non-hydrogen) atoms. The number of aromatic nitrogens is 1. The summed E-state index contributed by atoms with van der Waals surface area (Å²) in [5.41, 5.74) is 1.01. The molecule has 2 heterocycles. The molecule has 2 aromatic heterocycles. The van der Waals surface area contributed by atoms with Crippen molar-refractivity contribution in [2.45, 2.75) is 13.5 Å². The molecular formula is C18H19N3O3S. The molecule has 1 aliphatic carbocycles. The van der Waals surface area contributed by atoms with E-state index in [4.69, 9.17) is 0 Å². The predicted octanol–water partition coefficient (Wildman–Crippen LogP) is 1.83. The Kier molecular flexibility index (Phi) is 4.78. The van der Waals surface area contributed by atoms with E-state index < -0.39 is 0 Å². The summed E-state index contributed by atoms with van der Waals surface area (Å²) in [5, 5.41) is 0. The molecular weight excluding hydrogens is 338 g/mol. The molecule has 0 radical (unpaired) electrons. The number of likely N-dealkylation sites (N-methyl/N-ethyl adjacent to an activating group) is 2. The van der Waals surface area contributed by atoms with Gasteiger partial charge in [0, 0.05) is 37.3 Å². The fourth-order valence-corrected chi connectivity index (χ4v) is 3.86. The second kappa shape index (κ2) is 6.85. The van der Waals surface area contributed by atoms with Crippen LogP contribution in [0.4, 0.5) is 0 Å². The van der Waals surface area contributed by atoms with Crippen molar-refractivity contribution in [3.8, 4) is 0 Å². The first-order valence-corrected chi connectivity index (χ1v) is 8.83. The Balaban J connectivity index is 1.86. The van der Waals surface area contributed by atoms with E-state index in [1.54, 1.807) is 37.2 Å². The van der Waals surface area contributed by atoms with Crippen LogP contribution in [0.1, 0.15) is 43.1 Å². The van der Waals surface area contributed by atoms with Crippen molar-refractivity contribution in [1.82, 2.24) is 14.8 Å². The molecule has 0 fully saturated rings. The zero-order chi connectivity index (χ0) is 18.1. The number of carbonyl (C=O) groups is 3. The van der Waals surface area contributed by atoms with Crippen LogP contribution >= 0.6 is 11.3 Å². The molecule has 1 aliphatic rings. The molecule has 0 aliphatic heterocycles. The summed E-state index contributed by atoms with van der Waals surface area (Å²) in [4.78, 5) is 46.1. The maximum atomic E-state index is 12.6. The molecule has 7 heteroatoms. The van der Waals surface area contributed by atoms with Gasteiger partial charge < -0.3 is 4.90 Å². The van der Waals surface area contributed by atoms with Gasteiger partial charge in [0.2, 0.25) is 17.5 Å². The fourth-order valence-electron chi connectivity index (χ4n) is 2.71. The van der Waals surface area contributed by atoms with Crippen molar-refractivity contribution < 1.29 is 14.4 Å². The van der Waals surface area contributed by atoms with Gasteiger partial charge in [-0.15, -0.1) is 11.3 Å². The highest BCUT2D eigenvalue weighted by atomic mass is 32.1. The van der Waals surface area contributed by atoms with Gasteiger partial charge in [0.1, 0.15) is 5.69 Å². The normalized spacial score (nSPS) is 13.0. The topological polar surface area (TPSA) is 70.6 Å². The summed E-state index contributed by atoms with van der Waals surface area (Å²) in [6.45, 7) is 3.51. The number of carbonyl (C=O) groups excluding carboxylic acids is 3. The minimum Gasteiger partial charge on any atom is -0.348 e. The minimum atomic E-state index is -0.208.